The zero-order valence-electron chi connectivity index (χ0n) is 16.9. The van der Waals surface area contributed by atoms with E-state index in [9.17, 15) is 9.59 Å². The van der Waals surface area contributed by atoms with Crippen LogP contribution in [0.3, 0.4) is 0 Å². The van der Waals surface area contributed by atoms with Gasteiger partial charge in [0, 0.05) is 41.7 Å². The third-order valence-electron chi connectivity index (χ3n) is 5.19. The number of allylic oxidation sites excluding steroid dienone is 4. The smallest absolute Gasteiger partial charge is 0.319 e. The van der Waals surface area contributed by atoms with E-state index in [2.05, 4.69) is 15.6 Å². The number of amides is 3. The molecule has 1 aromatic heterocycles. The number of aromatic nitrogens is 1. The summed E-state index contributed by atoms with van der Waals surface area (Å²) < 4.78 is 11.4. The number of primary amides is 1. The molecule has 0 saturated heterocycles. The highest BCUT2D eigenvalue weighted by molar-refractivity contribution is 6.01. The van der Waals surface area contributed by atoms with Gasteiger partial charge in [-0.2, -0.15) is 0 Å². The summed E-state index contributed by atoms with van der Waals surface area (Å²) in [6, 6.07) is 5.19. The molecule has 2 aliphatic carbocycles. The predicted octanol–water partition coefficient (Wildman–Crippen LogP) is 2.99. The molecule has 1 atom stereocenters. The van der Waals surface area contributed by atoms with Crippen molar-refractivity contribution in [1.29, 1.82) is 0 Å². The van der Waals surface area contributed by atoms with Crippen LogP contribution in [0.25, 0.3) is 10.9 Å². The van der Waals surface area contributed by atoms with Gasteiger partial charge in [-0.25, -0.2) is 4.79 Å². The molecule has 1 unspecified atom stereocenters. The van der Waals surface area contributed by atoms with E-state index in [1.54, 1.807) is 24.4 Å². The summed E-state index contributed by atoms with van der Waals surface area (Å²) in [6.07, 6.45) is 8.05. The van der Waals surface area contributed by atoms with Gasteiger partial charge >= 0.3 is 6.03 Å². The van der Waals surface area contributed by atoms with Crippen molar-refractivity contribution in [3.05, 3.63) is 53.6 Å². The van der Waals surface area contributed by atoms with Crippen molar-refractivity contribution in [3.63, 3.8) is 0 Å². The predicted molar refractivity (Wildman–Crippen MR) is 112 cm³/mol. The number of benzene rings is 1. The minimum atomic E-state index is -0.586. The molecule has 1 saturated carbocycles. The zero-order valence-corrected chi connectivity index (χ0v) is 16.9. The lowest BCUT2D eigenvalue weighted by Crippen LogP contribution is -2.38. The van der Waals surface area contributed by atoms with E-state index in [0.717, 1.165) is 24.3 Å². The van der Waals surface area contributed by atoms with Gasteiger partial charge in [-0.1, -0.05) is 6.92 Å². The maximum atomic E-state index is 12.0. The molecule has 3 amide bonds. The molecular formula is C22H24N4O4. The Morgan fingerprint density at radius 2 is 2.00 bits per heavy atom. The summed E-state index contributed by atoms with van der Waals surface area (Å²) in [5.74, 6) is 1.19. The maximum Gasteiger partial charge on any atom is 0.319 e. The fourth-order valence-corrected chi connectivity index (χ4v) is 3.39. The largest absolute Gasteiger partial charge is 0.496 e. The number of rotatable bonds is 6. The van der Waals surface area contributed by atoms with Crippen molar-refractivity contribution in [3.8, 4) is 11.5 Å². The number of nitrogens with one attached hydrogen (secondary N) is 2. The Morgan fingerprint density at radius 3 is 2.67 bits per heavy atom. The Hall–Kier alpha value is -3.55. The molecule has 4 N–H and O–H groups in total. The second kappa shape index (κ2) is 8.06. The normalized spacial score (nSPS) is 18.3. The summed E-state index contributed by atoms with van der Waals surface area (Å²) >= 11 is 0. The van der Waals surface area contributed by atoms with Gasteiger partial charge in [0.1, 0.15) is 17.3 Å². The van der Waals surface area contributed by atoms with E-state index in [1.165, 1.54) is 7.11 Å². The first-order valence-electron chi connectivity index (χ1n) is 9.87. The fraction of sp³-hybridized carbons (Fsp3) is 0.318. The highest BCUT2D eigenvalue weighted by Crippen LogP contribution is 2.33. The van der Waals surface area contributed by atoms with Crippen molar-refractivity contribution >= 4 is 22.8 Å². The number of nitrogens with zero attached hydrogens (tertiary/aromatic N) is 1. The Kier molecular flexibility index (Phi) is 5.31. The average Bonchev–Trinajstić information content (AvgIpc) is 3.53. The number of hydrogen-bond donors (Lipinski definition) is 3. The Morgan fingerprint density at radius 1 is 1.20 bits per heavy atom. The van der Waals surface area contributed by atoms with Crippen LogP contribution >= 0.6 is 0 Å². The van der Waals surface area contributed by atoms with Crippen molar-refractivity contribution in [2.24, 2.45) is 11.7 Å². The molecule has 8 heteroatoms. The second-order valence-corrected chi connectivity index (χ2v) is 7.58. The molecule has 1 aromatic carbocycles. The number of hydrogen-bond acceptors (Lipinski definition) is 5. The third-order valence-corrected chi connectivity index (χ3v) is 5.19. The van der Waals surface area contributed by atoms with Crippen LogP contribution in [0.4, 0.5) is 4.79 Å². The number of pyridine rings is 1. The van der Waals surface area contributed by atoms with Gasteiger partial charge in [-0.3, -0.25) is 9.78 Å². The Bertz CT molecular complexity index is 1070. The molecule has 4 rings (SSSR count). The van der Waals surface area contributed by atoms with Crippen molar-refractivity contribution in [1.82, 2.24) is 15.6 Å². The molecule has 8 nitrogen and oxygen atoms in total. The topological polar surface area (TPSA) is 116 Å². The van der Waals surface area contributed by atoms with Crippen LogP contribution in [0.1, 0.15) is 36.5 Å². The minimum Gasteiger partial charge on any atom is -0.496 e. The second-order valence-electron chi connectivity index (χ2n) is 7.58. The van der Waals surface area contributed by atoms with Crippen LogP contribution in [0.5, 0.6) is 11.5 Å². The maximum absolute atomic E-state index is 12.0. The van der Waals surface area contributed by atoms with Crippen LogP contribution < -0.4 is 25.8 Å². The lowest BCUT2D eigenvalue weighted by atomic mass is 9.97. The van der Waals surface area contributed by atoms with Gasteiger partial charge in [0.25, 0.3) is 5.91 Å². The molecule has 156 valence electrons. The number of ether oxygens (including phenoxy) is 2. The van der Waals surface area contributed by atoms with Crippen LogP contribution in [0.15, 0.2) is 48.0 Å². The SMILES string of the molecule is COc1cc2nccc(OC3=CC=C(NC(=O)NC4CC4)C(C)C3)c2cc1C(N)=O. The van der Waals surface area contributed by atoms with Crippen molar-refractivity contribution < 1.29 is 19.1 Å². The number of urea groups is 1. The molecule has 0 aliphatic heterocycles. The van der Waals surface area contributed by atoms with Crippen LogP contribution in [-0.4, -0.2) is 30.1 Å². The lowest BCUT2D eigenvalue weighted by Gasteiger charge is -2.23. The summed E-state index contributed by atoms with van der Waals surface area (Å²) in [5, 5.41) is 6.51. The molecule has 0 bridgehead atoms. The first-order chi connectivity index (χ1) is 14.4. The highest BCUT2D eigenvalue weighted by atomic mass is 16.5. The molecule has 1 heterocycles. The van der Waals surface area contributed by atoms with Crippen molar-refractivity contribution in [2.45, 2.75) is 32.2 Å². The van der Waals surface area contributed by atoms with Gasteiger partial charge in [-0.05, 0) is 37.1 Å². The summed E-state index contributed by atoms with van der Waals surface area (Å²) in [6.45, 7) is 2.03. The van der Waals surface area contributed by atoms with Crippen LogP contribution in [0, 0.1) is 5.92 Å². The Labute approximate surface area is 174 Å². The highest BCUT2D eigenvalue weighted by Gasteiger charge is 2.25. The quantitative estimate of drug-likeness (QED) is 0.680. The lowest BCUT2D eigenvalue weighted by molar-refractivity contribution is 0.0997. The van der Waals surface area contributed by atoms with Crippen LogP contribution in [-0.2, 0) is 0 Å². The third kappa shape index (κ3) is 4.22. The summed E-state index contributed by atoms with van der Waals surface area (Å²) in [4.78, 5) is 28.1. The molecule has 0 spiro atoms. The van der Waals surface area contributed by atoms with E-state index >= 15 is 0 Å². The Balaban J connectivity index is 1.57. The summed E-state index contributed by atoms with van der Waals surface area (Å²) in [7, 11) is 1.48. The number of nitrogens with two attached hydrogens (primary N) is 1. The van der Waals surface area contributed by atoms with E-state index in [1.807, 2.05) is 19.1 Å². The first kappa shape index (κ1) is 19.8. The van der Waals surface area contributed by atoms with E-state index in [0.29, 0.717) is 34.9 Å². The number of carbonyl (C=O) groups is 2. The molecular weight excluding hydrogens is 384 g/mol. The molecule has 2 aliphatic rings. The number of carbonyl (C=O) groups excluding carboxylic acids is 2. The minimum absolute atomic E-state index is 0.0873. The van der Waals surface area contributed by atoms with E-state index in [4.69, 9.17) is 15.2 Å². The van der Waals surface area contributed by atoms with Crippen LogP contribution in [0.2, 0.25) is 0 Å². The van der Waals surface area contributed by atoms with Gasteiger partial charge in [0.2, 0.25) is 0 Å². The summed E-state index contributed by atoms with van der Waals surface area (Å²) in [5.41, 5.74) is 7.23. The fourth-order valence-electron chi connectivity index (χ4n) is 3.39. The van der Waals surface area contributed by atoms with Gasteiger partial charge < -0.3 is 25.8 Å². The first-order valence-corrected chi connectivity index (χ1v) is 9.87. The number of methoxy groups -OCH3 is 1. The standard InChI is InChI=1S/C22H24N4O4/c1-12-9-14(5-6-17(12)26-22(28)25-13-3-4-13)30-19-7-8-24-18-11-20(29-2)16(21(23)27)10-15(18)19/h5-8,10-13H,3-4,9H2,1-2H3,(H2,23,27)(H2,25,26,28). The molecule has 1 fully saturated rings. The van der Waals surface area contributed by atoms with E-state index < -0.39 is 5.91 Å². The van der Waals surface area contributed by atoms with Gasteiger partial charge in [0.15, 0.2) is 0 Å². The van der Waals surface area contributed by atoms with Gasteiger partial charge in [0.05, 0.1) is 18.2 Å². The van der Waals surface area contributed by atoms with Gasteiger partial charge in [-0.15, -0.1) is 0 Å². The zero-order chi connectivity index (χ0) is 21.3. The molecule has 30 heavy (non-hydrogen) atoms. The molecule has 2 aromatic rings. The average molecular weight is 408 g/mol. The van der Waals surface area contributed by atoms with Crippen molar-refractivity contribution in [2.75, 3.05) is 7.11 Å². The number of fused-ring (bicyclic) bond motifs is 1. The molecule has 0 radical (unpaired) electrons. The van der Waals surface area contributed by atoms with E-state index in [-0.39, 0.29) is 17.5 Å². The monoisotopic (exact) mass is 408 g/mol.